The summed E-state index contributed by atoms with van der Waals surface area (Å²) in [6, 6.07) is 12.9. The van der Waals surface area contributed by atoms with E-state index in [4.69, 9.17) is 9.47 Å². The number of anilines is 3. The molecule has 1 aliphatic heterocycles. The highest BCUT2D eigenvalue weighted by molar-refractivity contribution is 6.03. The molecule has 0 fully saturated rings. The standard InChI is InChI=1S/C20H18N4O3/c1-12-3-5-15(13(2)7-12)24-19-9-16(21-10-22-19)20(25)23-14-4-6-17-18(8-14)27-11-26-17/h3-10H,11H2,1-2H3,(H,23,25)(H,21,22,24). The van der Waals surface area contributed by atoms with Crippen molar-refractivity contribution in [3.8, 4) is 11.5 Å². The molecule has 7 heteroatoms. The van der Waals surface area contributed by atoms with E-state index >= 15 is 0 Å². The van der Waals surface area contributed by atoms with Gasteiger partial charge in [-0.05, 0) is 37.6 Å². The van der Waals surface area contributed by atoms with Gasteiger partial charge in [-0.2, -0.15) is 0 Å². The molecule has 1 aromatic heterocycles. The van der Waals surface area contributed by atoms with Crippen molar-refractivity contribution in [1.29, 1.82) is 0 Å². The zero-order valence-electron chi connectivity index (χ0n) is 14.9. The number of aromatic nitrogens is 2. The molecule has 0 saturated carbocycles. The molecule has 0 aliphatic carbocycles. The molecule has 0 radical (unpaired) electrons. The first-order valence-corrected chi connectivity index (χ1v) is 8.46. The monoisotopic (exact) mass is 362 g/mol. The molecule has 0 unspecified atom stereocenters. The molecular weight excluding hydrogens is 344 g/mol. The van der Waals surface area contributed by atoms with Crippen LogP contribution in [0.15, 0.2) is 48.8 Å². The summed E-state index contributed by atoms with van der Waals surface area (Å²) in [5.74, 6) is 1.48. The van der Waals surface area contributed by atoms with Crippen LogP contribution in [0.2, 0.25) is 0 Å². The quantitative estimate of drug-likeness (QED) is 0.734. The molecule has 3 aromatic rings. The van der Waals surface area contributed by atoms with Gasteiger partial charge in [-0.25, -0.2) is 9.97 Å². The van der Waals surface area contributed by atoms with Crippen LogP contribution in [-0.2, 0) is 0 Å². The summed E-state index contributed by atoms with van der Waals surface area (Å²) in [4.78, 5) is 20.8. The summed E-state index contributed by atoms with van der Waals surface area (Å²) >= 11 is 0. The van der Waals surface area contributed by atoms with E-state index in [1.54, 1.807) is 24.3 Å². The third kappa shape index (κ3) is 3.67. The van der Waals surface area contributed by atoms with Crippen LogP contribution < -0.4 is 20.1 Å². The number of hydrogen-bond donors (Lipinski definition) is 2. The lowest BCUT2D eigenvalue weighted by atomic mass is 10.1. The Labute approximate surface area is 156 Å². The SMILES string of the molecule is Cc1ccc(Nc2cc(C(=O)Nc3ccc4c(c3)OCO4)ncn2)c(C)c1. The van der Waals surface area contributed by atoms with E-state index in [1.807, 2.05) is 26.0 Å². The van der Waals surface area contributed by atoms with Crippen LogP contribution in [0.1, 0.15) is 21.6 Å². The molecule has 0 spiro atoms. The van der Waals surface area contributed by atoms with E-state index in [-0.39, 0.29) is 18.4 Å². The molecule has 27 heavy (non-hydrogen) atoms. The van der Waals surface area contributed by atoms with Crippen molar-refractivity contribution in [3.63, 3.8) is 0 Å². The fourth-order valence-corrected chi connectivity index (χ4v) is 2.81. The minimum atomic E-state index is -0.333. The molecule has 0 saturated heterocycles. The minimum Gasteiger partial charge on any atom is -0.454 e. The Bertz CT molecular complexity index is 1020. The molecular formula is C20H18N4O3. The Morgan fingerprint density at radius 3 is 2.70 bits per heavy atom. The van der Waals surface area contributed by atoms with Crippen LogP contribution in [0, 0.1) is 13.8 Å². The average molecular weight is 362 g/mol. The normalized spacial score (nSPS) is 11.9. The first-order valence-electron chi connectivity index (χ1n) is 8.46. The number of nitrogens with one attached hydrogen (secondary N) is 2. The van der Waals surface area contributed by atoms with Crippen LogP contribution in [0.5, 0.6) is 11.5 Å². The number of ether oxygens (including phenoxy) is 2. The molecule has 1 amide bonds. The Hall–Kier alpha value is -3.61. The fourth-order valence-electron chi connectivity index (χ4n) is 2.81. The van der Waals surface area contributed by atoms with Gasteiger partial charge >= 0.3 is 0 Å². The van der Waals surface area contributed by atoms with Crippen molar-refractivity contribution < 1.29 is 14.3 Å². The average Bonchev–Trinajstić information content (AvgIpc) is 3.12. The summed E-state index contributed by atoms with van der Waals surface area (Å²) in [7, 11) is 0. The summed E-state index contributed by atoms with van der Waals surface area (Å²) in [5, 5.41) is 6.03. The van der Waals surface area contributed by atoms with Gasteiger partial charge in [0.15, 0.2) is 11.5 Å². The van der Waals surface area contributed by atoms with Crippen LogP contribution in [0.3, 0.4) is 0 Å². The van der Waals surface area contributed by atoms with Crippen molar-refractivity contribution in [2.24, 2.45) is 0 Å². The van der Waals surface area contributed by atoms with Gasteiger partial charge in [-0.15, -0.1) is 0 Å². The Morgan fingerprint density at radius 1 is 1.00 bits per heavy atom. The van der Waals surface area contributed by atoms with E-state index in [1.165, 1.54) is 11.9 Å². The second-order valence-corrected chi connectivity index (χ2v) is 6.25. The molecule has 0 atom stereocenters. The fraction of sp³-hybridized carbons (Fsp3) is 0.150. The topological polar surface area (TPSA) is 85.4 Å². The largest absolute Gasteiger partial charge is 0.454 e. The van der Waals surface area contributed by atoms with Crippen LogP contribution in [-0.4, -0.2) is 22.7 Å². The number of carbonyl (C=O) groups excluding carboxylic acids is 1. The summed E-state index contributed by atoms with van der Waals surface area (Å²) in [5.41, 5.74) is 4.08. The van der Waals surface area contributed by atoms with Gasteiger partial charge in [-0.1, -0.05) is 17.7 Å². The van der Waals surface area contributed by atoms with Gasteiger partial charge in [0.2, 0.25) is 6.79 Å². The molecule has 2 N–H and O–H groups in total. The summed E-state index contributed by atoms with van der Waals surface area (Å²) < 4.78 is 10.6. The number of rotatable bonds is 4. The van der Waals surface area contributed by atoms with Crippen molar-refractivity contribution in [1.82, 2.24) is 9.97 Å². The van der Waals surface area contributed by atoms with E-state index in [0.29, 0.717) is 23.0 Å². The number of nitrogens with zero attached hydrogens (tertiary/aromatic N) is 2. The smallest absolute Gasteiger partial charge is 0.274 e. The van der Waals surface area contributed by atoms with E-state index in [0.717, 1.165) is 11.3 Å². The third-order valence-corrected chi connectivity index (χ3v) is 4.17. The Kier molecular flexibility index (Phi) is 4.33. The van der Waals surface area contributed by atoms with Crippen LogP contribution >= 0.6 is 0 Å². The second-order valence-electron chi connectivity index (χ2n) is 6.25. The van der Waals surface area contributed by atoms with Crippen molar-refractivity contribution in [2.75, 3.05) is 17.4 Å². The van der Waals surface area contributed by atoms with E-state index in [9.17, 15) is 4.79 Å². The number of aryl methyl sites for hydroxylation is 2. The maximum atomic E-state index is 12.5. The van der Waals surface area contributed by atoms with Gasteiger partial charge in [0, 0.05) is 23.5 Å². The van der Waals surface area contributed by atoms with Gasteiger partial charge < -0.3 is 20.1 Å². The second kappa shape index (κ2) is 6.95. The highest BCUT2D eigenvalue weighted by atomic mass is 16.7. The number of benzene rings is 2. The third-order valence-electron chi connectivity index (χ3n) is 4.17. The van der Waals surface area contributed by atoms with Gasteiger partial charge in [0.05, 0.1) is 0 Å². The number of carbonyl (C=O) groups is 1. The zero-order valence-corrected chi connectivity index (χ0v) is 14.9. The van der Waals surface area contributed by atoms with Crippen molar-refractivity contribution in [2.45, 2.75) is 13.8 Å². The Morgan fingerprint density at radius 2 is 1.85 bits per heavy atom. The highest BCUT2D eigenvalue weighted by Gasteiger charge is 2.15. The molecule has 7 nitrogen and oxygen atoms in total. The lowest BCUT2D eigenvalue weighted by Crippen LogP contribution is -2.14. The number of amides is 1. The van der Waals surface area contributed by atoms with Crippen molar-refractivity contribution >= 4 is 23.1 Å². The highest BCUT2D eigenvalue weighted by Crippen LogP contribution is 2.34. The number of fused-ring (bicyclic) bond motifs is 1. The van der Waals surface area contributed by atoms with Crippen LogP contribution in [0.25, 0.3) is 0 Å². The molecule has 2 aromatic carbocycles. The van der Waals surface area contributed by atoms with Crippen molar-refractivity contribution in [3.05, 3.63) is 65.6 Å². The molecule has 136 valence electrons. The van der Waals surface area contributed by atoms with Gasteiger partial charge in [-0.3, -0.25) is 4.79 Å². The lowest BCUT2D eigenvalue weighted by molar-refractivity contribution is 0.102. The molecule has 1 aliphatic rings. The predicted molar refractivity (Wildman–Crippen MR) is 102 cm³/mol. The van der Waals surface area contributed by atoms with Crippen LogP contribution in [0.4, 0.5) is 17.2 Å². The minimum absolute atomic E-state index is 0.187. The Balaban J connectivity index is 1.50. The summed E-state index contributed by atoms with van der Waals surface area (Å²) in [6.07, 6.45) is 1.36. The maximum Gasteiger partial charge on any atom is 0.274 e. The lowest BCUT2D eigenvalue weighted by Gasteiger charge is -2.10. The van der Waals surface area contributed by atoms with Gasteiger partial charge in [0.25, 0.3) is 5.91 Å². The molecule has 0 bridgehead atoms. The first kappa shape index (κ1) is 16.8. The predicted octanol–water partition coefficient (Wildman–Crippen LogP) is 3.82. The maximum absolute atomic E-state index is 12.5. The zero-order chi connectivity index (χ0) is 18.8. The van der Waals surface area contributed by atoms with Gasteiger partial charge in [0.1, 0.15) is 17.8 Å². The van der Waals surface area contributed by atoms with E-state index in [2.05, 4.69) is 26.7 Å². The molecule has 2 heterocycles. The number of hydrogen-bond acceptors (Lipinski definition) is 6. The summed E-state index contributed by atoms with van der Waals surface area (Å²) in [6.45, 7) is 4.25. The van der Waals surface area contributed by atoms with E-state index < -0.39 is 0 Å². The first-order chi connectivity index (χ1) is 13.1. The molecule has 4 rings (SSSR count).